The van der Waals surface area contributed by atoms with E-state index in [-0.39, 0.29) is 83.9 Å². The van der Waals surface area contributed by atoms with Gasteiger partial charge in [-0.3, -0.25) is 67.3 Å². The summed E-state index contributed by atoms with van der Waals surface area (Å²) in [6.45, 7) is 5.87. The van der Waals surface area contributed by atoms with Crippen molar-refractivity contribution in [3.05, 3.63) is 107 Å². The Morgan fingerprint density at radius 1 is 0.600 bits per heavy atom. The third kappa shape index (κ3) is 21.8. The van der Waals surface area contributed by atoms with Crippen LogP contribution in [0.15, 0.2) is 85.1 Å². The molecule has 0 saturated carbocycles. The zero-order valence-corrected chi connectivity index (χ0v) is 57.2. The van der Waals surface area contributed by atoms with Gasteiger partial charge < -0.3 is 82.9 Å². The quantitative estimate of drug-likeness (QED) is 0.0406. The Balaban J connectivity index is 1.11. The third-order valence-electron chi connectivity index (χ3n) is 18.8. The molecule has 30 heteroatoms. The minimum Gasteiger partial charge on any atom is -0.481 e. The number of nitrogens with one attached hydrogen (secondary N) is 9. The number of ether oxygens (including phenoxy) is 1. The first-order valence-corrected chi connectivity index (χ1v) is 34.6. The van der Waals surface area contributed by atoms with Crippen molar-refractivity contribution in [3.63, 3.8) is 0 Å². The second kappa shape index (κ2) is 37.7. The summed E-state index contributed by atoms with van der Waals surface area (Å²) in [6.07, 6.45) is 2.59. The topological polar surface area (TPSA) is 409 Å². The summed E-state index contributed by atoms with van der Waals surface area (Å²) in [5.74, 6) is -10.3. The van der Waals surface area contributed by atoms with Crippen molar-refractivity contribution >= 4 is 81.9 Å². The molecule has 10 amide bonds. The fraction of sp³-hybridized carbons (Fsp3) is 0.543. The third-order valence-corrected chi connectivity index (χ3v) is 18.8. The van der Waals surface area contributed by atoms with Crippen molar-refractivity contribution in [2.24, 2.45) is 5.73 Å². The number of rotatable bonds is 23. The number of carboxylic acid groups (broad SMARTS) is 2. The predicted octanol–water partition coefficient (Wildman–Crippen LogP) is -0.767. The van der Waals surface area contributed by atoms with Gasteiger partial charge in [0.05, 0.1) is 32.2 Å². The van der Waals surface area contributed by atoms with Crippen LogP contribution in [0, 0.1) is 0 Å². The molecule has 0 spiro atoms. The molecule has 0 aliphatic carbocycles. The van der Waals surface area contributed by atoms with Crippen molar-refractivity contribution in [2.45, 2.75) is 158 Å². The lowest BCUT2D eigenvalue weighted by atomic mass is 10.00. The molecule has 9 atom stereocenters. The lowest BCUT2D eigenvalue weighted by molar-refractivity contribution is -0.149. The van der Waals surface area contributed by atoms with Gasteiger partial charge in [-0.2, -0.15) is 0 Å². The van der Waals surface area contributed by atoms with E-state index in [0.717, 1.165) is 21.4 Å². The molecule has 542 valence electrons. The Morgan fingerprint density at radius 3 is 1.89 bits per heavy atom. The van der Waals surface area contributed by atoms with Crippen LogP contribution in [-0.4, -0.2) is 251 Å². The van der Waals surface area contributed by atoms with Crippen molar-refractivity contribution in [2.75, 3.05) is 85.7 Å². The van der Waals surface area contributed by atoms with Crippen LogP contribution in [0.5, 0.6) is 0 Å². The van der Waals surface area contributed by atoms with E-state index < -0.39 is 139 Å². The highest BCUT2D eigenvalue weighted by atomic mass is 16.5. The van der Waals surface area contributed by atoms with E-state index in [9.17, 15) is 53.4 Å². The Hall–Kier alpha value is -9.36. The largest absolute Gasteiger partial charge is 0.481 e. The van der Waals surface area contributed by atoms with Gasteiger partial charge in [0.25, 0.3) is 0 Å². The molecule has 13 N–H and O–H groups in total. The number of carbonyl (C=O) groups is 12. The molecule has 30 nitrogen and oxygen atoms in total. The summed E-state index contributed by atoms with van der Waals surface area (Å²) < 4.78 is 5.84. The number of amides is 10. The van der Waals surface area contributed by atoms with Crippen LogP contribution >= 0.6 is 0 Å². The van der Waals surface area contributed by atoms with Crippen molar-refractivity contribution in [3.8, 4) is 0 Å². The fourth-order valence-electron chi connectivity index (χ4n) is 13.2. The number of nitrogens with zero attached hydrogens (tertiary/aromatic N) is 5. The van der Waals surface area contributed by atoms with Gasteiger partial charge in [-0.1, -0.05) is 79.7 Å². The van der Waals surface area contributed by atoms with Crippen LogP contribution < -0.4 is 48.3 Å². The maximum Gasteiger partial charge on any atom is 0.317 e. The van der Waals surface area contributed by atoms with E-state index in [1.807, 2.05) is 36.9 Å². The monoisotopic (exact) mass is 1390 g/mol. The summed E-state index contributed by atoms with van der Waals surface area (Å²) in [7, 11) is 1.38. The number of carboxylic acids is 2. The van der Waals surface area contributed by atoms with Crippen LogP contribution in [0.3, 0.4) is 0 Å². The summed E-state index contributed by atoms with van der Waals surface area (Å²) in [5.41, 5.74) is 9.28. The zero-order valence-electron chi connectivity index (χ0n) is 57.2. The van der Waals surface area contributed by atoms with Gasteiger partial charge in [0.15, 0.2) is 0 Å². The number of carbonyl (C=O) groups excluding carboxylic acids is 10. The maximum absolute atomic E-state index is 15.1. The number of hydrogen-bond acceptors (Lipinski definition) is 17. The minimum absolute atomic E-state index is 0.00308. The number of nitrogens with two attached hydrogens (primary N) is 1. The van der Waals surface area contributed by atoms with Crippen LogP contribution in [0.4, 0.5) is 0 Å². The molecule has 5 heterocycles. The van der Waals surface area contributed by atoms with Gasteiger partial charge in [-0.25, -0.2) is 0 Å². The second-order valence-corrected chi connectivity index (χ2v) is 26.0. The Bertz CT molecular complexity index is 3490. The number of fused-ring (bicyclic) bond motifs is 3. The van der Waals surface area contributed by atoms with E-state index in [4.69, 9.17) is 10.5 Å². The number of piperazine rings is 1. The molecule has 0 bridgehead atoms. The molecule has 4 aromatic rings. The lowest BCUT2D eigenvalue weighted by Crippen LogP contribution is -2.60. The molecule has 4 aliphatic heterocycles. The molecule has 4 saturated heterocycles. The molecule has 3 aromatic carbocycles. The number of hydrogen-bond donors (Lipinski definition) is 12. The first-order chi connectivity index (χ1) is 48.1. The molecule has 4 aliphatic rings. The average Bonchev–Trinajstić information content (AvgIpc) is 1.61. The van der Waals surface area contributed by atoms with Gasteiger partial charge in [0.1, 0.15) is 48.3 Å². The second-order valence-electron chi connectivity index (χ2n) is 26.0. The number of aromatic nitrogens is 1. The highest BCUT2D eigenvalue weighted by Crippen LogP contribution is 2.27. The van der Waals surface area contributed by atoms with E-state index >= 15 is 14.4 Å². The van der Waals surface area contributed by atoms with Crippen molar-refractivity contribution in [1.29, 1.82) is 0 Å². The Kier molecular flexibility index (Phi) is 28.8. The summed E-state index contributed by atoms with van der Waals surface area (Å²) in [4.78, 5) is 182. The number of para-hydroxylation sites is 1. The standard InChI is InChI=1S/C70H97N15O15/c1-4-33-100-34-25-52-65(94)78-54(37-48-40-73-50-17-9-8-16-49(48)50)63(92)74-41-59(86)76-51(18-10-11-26-72-44(2)83-31-29-82(30-32-83)43-62(90)91)64(93)80-55(38-61(88)89)69(98)85-28-13-20-57(85)70(99)84-27-12-19-56(84)67(96)75-42-60(87)81(3)58(36-45-14-6-5-7-15-45)68(97)79-53(66(95)77-52)35-46-21-23-47(39-71)24-22-46/h5-9,14-17,21-24,40,44,51-58,72-73H,4,10-13,18-20,25-39,41-43,71H2,1-3H3,(H,74,92)(H,75,96)(H,76,86)(H,77,95)(H,78,94)(H,79,97)(H,80,93)(H,88,89)(H,90,91)/t44?,51-,52-,53-,54-,55-,56-,57+,58-/m0/s1. The SMILES string of the molecule is CCCOCC[C@@H]1NC(=O)[C@H](Cc2ccc(CN)cc2)NC(=O)[C@H](Cc2ccccc2)N(C)C(=O)CNC(=O)[C@@H]2CCCN2C(=O)[C@H]2CCCN2C(=O)[C@H](CC(=O)O)NC(=O)[C@H](CCCCNC(C)N2CCN(CC(=O)O)CC2)NC(=O)CNC(=O)[C@H](Cc2c[nH]c3ccccc23)NC1=O. The first kappa shape index (κ1) is 76.4. The van der Waals surface area contributed by atoms with Crippen molar-refractivity contribution < 1.29 is 72.5 Å². The average molecular weight is 1390 g/mol. The number of aliphatic carboxylic acids is 2. The van der Waals surface area contributed by atoms with E-state index in [1.54, 1.807) is 66.9 Å². The number of unbranched alkanes of at least 4 members (excludes halogenated alkanes) is 1. The first-order valence-electron chi connectivity index (χ1n) is 34.6. The molecule has 1 aromatic heterocycles. The van der Waals surface area contributed by atoms with Gasteiger partial charge in [-0.15, -0.1) is 0 Å². The Morgan fingerprint density at radius 2 is 1.20 bits per heavy atom. The van der Waals surface area contributed by atoms with Crippen molar-refractivity contribution in [1.82, 2.24) is 72.0 Å². The number of aromatic amines is 1. The lowest BCUT2D eigenvalue weighted by Gasteiger charge is -2.37. The molecular formula is C70H97N15O15. The summed E-state index contributed by atoms with van der Waals surface area (Å²) in [5, 5.41) is 42.7. The van der Waals surface area contributed by atoms with Crippen LogP contribution in [0.1, 0.15) is 100 Å². The zero-order chi connectivity index (χ0) is 71.8. The summed E-state index contributed by atoms with van der Waals surface area (Å²) in [6, 6.07) is 12.1. The van der Waals surface area contributed by atoms with Gasteiger partial charge in [0.2, 0.25) is 59.1 Å². The fourth-order valence-corrected chi connectivity index (χ4v) is 13.2. The number of likely N-dealkylation sites (N-methyl/N-ethyl adjacent to an activating group) is 1. The molecule has 100 heavy (non-hydrogen) atoms. The normalized spacial score (nSPS) is 23.9. The molecule has 1 unspecified atom stereocenters. The van der Waals surface area contributed by atoms with Crippen LogP contribution in [-0.2, 0) is 88.1 Å². The van der Waals surface area contributed by atoms with Gasteiger partial charge in [0, 0.05) is 102 Å². The minimum atomic E-state index is -1.75. The van der Waals surface area contributed by atoms with E-state index in [0.29, 0.717) is 88.1 Å². The highest BCUT2D eigenvalue weighted by molar-refractivity contribution is 6.00. The molecule has 8 rings (SSSR count). The predicted molar refractivity (Wildman–Crippen MR) is 367 cm³/mol. The molecular weight excluding hydrogens is 1290 g/mol. The summed E-state index contributed by atoms with van der Waals surface area (Å²) >= 11 is 0. The number of benzene rings is 3. The van der Waals surface area contributed by atoms with Gasteiger partial charge >= 0.3 is 11.9 Å². The van der Waals surface area contributed by atoms with Gasteiger partial charge in [-0.05, 0) is 99.6 Å². The Labute approximate surface area is 581 Å². The molecule has 0 radical (unpaired) electrons. The smallest absolute Gasteiger partial charge is 0.317 e. The van der Waals surface area contributed by atoms with E-state index in [2.05, 4.69) is 52.4 Å². The maximum atomic E-state index is 15.1. The van der Waals surface area contributed by atoms with Crippen LogP contribution in [0.25, 0.3) is 10.9 Å². The number of H-pyrrole nitrogens is 1. The highest BCUT2D eigenvalue weighted by Gasteiger charge is 2.45. The van der Waals surface area contributed by atoms with Crippen LogP contribution in [0.2, 0.25) is 0 Å². The molecule has 4 fully saturated rings. The van der Waals surface area contributed by atoms with E-state index in [1.165, 1.54) is 16.8 Å².